The van der Waals surface area contributed by atoms with Gasteiger partial charge in [0.15, 0.2) is 0 Å². The van der Waals surface area contributed by atoms with E-state index in [9.17, 15) is 0 Å². The molecule has 0 fully saturated rings. The van der Waals surface area contributed by atoms with Gasteiger partial charge in [-0.25, -0.2) is 4.98 Å². The van der Waals surface area contributed by atoms with Gasteiger partial charge in [-0.1, -0.05) is 6.07 Å². The lowest BCUT2D eigenvalue weighted by molar-refractivity contribution is 0.406. The van der Waals surface area contributed by atoms with Crippen LogP contribution in [0.3, 0.4) is 0 Å². The summed E-state index contributed by atoms with van der Waals surface area (Å²) < 4.78 is 2.29. The molecule has 98 valence electrons. The van der Waals surface area contributed by atoms with Crippen LogP contribution in [0.1, 0.15) is 18.3 Å². The Kier molecular flexibility index (Phi) is 3.99. The minimum absolute atomic E-state index is 0.571. The molecule has 0 aliphatic rings. The third kappa shape index (κ3) is 2.54. The molecule has 0 saturated heterocycles. The smallest absolute Gasteiger partial charge is 0.111 e. The van der Waals surface area contributed by atoms with E-state index in [4.69, 9.17) is 10.7 Å². The van der Waals surface area contributed by atoms with E-state index in [1.54, 1.807) is 0 Å². The van der Waals surface area contributed by atoms with E-state index in [1.807, 2.05) is 0 Å². The van der Waals surface area contributed by atoms with Gasteiger partial charge in [-0.2, -0.15) is 0 Å². The second-order valence-corrected chi connectivity index (χ2v) is 4.85. The zero-order valence-corrected chi connectivity index (χ0v) is 11.5. The van der Waals surface area contributed by atoms with E-state index in [2.05, 4.69) is 48.7 Å². The molecule has 0 aliphatic heterocycles. The van der Waals surface area contributed by atoms with Crippen molar-refractivity contribution in [2.24, 2.45) is 5.73 Å². The van der Waals surface area contributed by atoms with E-state index in [1.165, 1.54) is 5.52 Å². The summed E-state index contributed by atoms with van der Waals surface area (Å²) in [5.74, 6) is 1.16. The van der Waals surface area contributed by atoms with Crippen molar-refractivity contribution in [1.29, 1.82) is 0 Å². The Morgan fingerprint density at radius 3 is 2.72 bits per heavy atom. The van der Waals surface area contributed by atoms with Crippen LogP contribution in [-0.2, 0) is 19.5 Å². The predicted molar refractivity (Wildman–Crippen MR) is 75.6 cm³/mol. The fourth-order valence-electron chi connectivity index (χ4n) is 2.22. The molecule has 0 unspecified atom stereocenters. The molecule has 2 rings (SSSR count). The summed E-state index contributed by atoms with van der Waals surface area (Å²) in [5, 5.41) is 0. The molecular formula is C14H22N4. The molecule has 1 heterocycles. The number of benzene rings is 1. The highest BCUT2D eigenvalue weighted by Gasteiger charge is 2.09. The van der Waals surface area contributed by atoms with Crippen molar-refractivity contribution in [2.75, 3.05) is 20.6 Å². The number of fused-ring (bicyclic) bond motifs is 1. The Labute approximate surface area is 108 Å². The fraction of sp³-hybridized carbons (Fsp3) is 0.500. The molecule has 0 atom stereocenters. The Hall–Kier alpha value is -1.39. The van der Waals surface area contributed by atoms with Crippen LogP contribution in [0.4, 0.5) is 0 Å². The van der Waals surface area contributed by atoms with Gasteiger partial charge >= 0.3 is 0 Å². The zero-order chi connectivity index (χ0) is 13.1. The second-order valence-electron chi connectivity index (χ2n) is 4.85. The first kappa shape index (κ1) is 13.1. The standard InChI is InChI=1S/C14H22N4/c1-4-18-13-6-5-11(10-15)9-12(13)16-14(18)7-8-17(2)3/h5-6,9H,4,7-8,10,15H2,1-3H3. The van der Waals surface area contributed by atoms with Crippen molar-refractivity contribution in [3.8, 4) is 0 Å². The van der Waals surface area contributed by atoms with Crippen molar-refractivity contribution in [2.45, 2.75) is 26.4 Å². The van der Waals surface area contributed by atoms with Crippen LogP contribution in [0, 0.1) is 0 Å². The molecule has 4 heteroatoms. The van der Waals surface area contributed by atoms with Gasteiger partial charge in [-0.15, -0.1) is 0 Å². The fourth-order valence-corrected chi connectivity index (χ4v) is 2.22. The summed E-state index contributed by atoms with van der Waals surface area (Å²) in [6, 6.07) is 6.32. The number of nitrogens with two attached hydrogens (primary N) is 1. The highest BCUT2D eigenvalue weighted by Crippen LogP contribution is 2.18. The average Bonchev–Trinajstić information content (AvgIpc) is 2.72. The molecule has 4 nitrogen and oxygen atoms in total. The summed E-state index contributed by atoms with van der Waals surface area (Å²) >= 11 is 0. The maximum absolute atomic E-state index is 5.68. The van der Waals surface area contributed by atoms with Crippen molar-refractivity contribution < 1.29 is 0 Å². The first-order valence-corrected chi connectivity index (χ1v) is 6.48. The summed E-state index contributed by atoms with van der Waals surface area (Å²) in [7, 11) is 4.18. The molecule has 1 aromatic heterocycles. The van der Waals surface area contributed by atoms with Crippen molar-refractivity contribution >= 4 is 11.0 Å². The van der Waals surface area contributed by atoms with Crippen LogP contribution >= 0.6 is 0 Å². The van der Waals surface area contributed by atoms with Gasteiger partial charge in [0.2, 0.25) is 0 Å². The molecule has 0 aliphatic carbocycles. The minimum Gasteiger partial charge on any atom is -0.328 e. The maximum atomic E-state index is 5.68. The summed E-state index contributed by atoms with van der Waals surface area (Å²) in [6.45, 7) is 4.72. The predicted octanol–water partition coefficient (Wildman–Crippen LogP) is 1.62. The lowest BCUT2D eigenvalue weighted by Crippen LogP contribution is -2.17. The van der Waals surface area contributed by atoms with Gasteiger partial charge < -0.3 is 15.2 Å². The molecule has 0 spiro atoms. The number of hydrogen-bond acceptors (Lipinski definition) is 3. The molecule has 2 aromatic rings. The van der Waals surface area contributed by atoms with Crippen molar-refractivity contribution in [1.82, 2.24) is 14.5 Å². The first-order chi connectivity index (χ1) is 8.65. The van der Waals surface area contributed by atoms with Crippen molar-refractivity contribution in [3.05, 3.63) is 29.6 Å². The van der Waals surface area contributed by atoms with E-state index in [0.29, 0.717) is 6.54 Å². The van der Waals surface area contributed by atoms with Gasteiger partial charge in [0, 0.05) is 26.1 Å². The third-order valence-corrected chi connectivity index (χ3v) is 3.23. The van der Waals surface area contributed by atoms with Gasteiger partial charge in [0.05, 0.1) is 11.0 Å². The third-order valence-electron chi connectivity index (χ3n) is 3.23. The van der Waals surface area contributed by atoms with Crippen LogP contribution < -0.4 is 5.73 Å². The van der Waals surface area contributed by atoms with Gasteiger partial charge in [-0.05, 0) is 38.7 Å². The lowest BCUT2D eigenvalue weighted by atomic mass is 10.2. The number of aryl methyl sites for hydroxylation is 1. The van der Waals surface area contributed by atoms with Gasteiger partial charge in [-0.3, -0.25) is 0 Å². The highest BCUT2D eigenvalue weighted by molar-refractivity contribution is 5.77. The Bertz CT molecular complexity index is 528. The summed E-state index contributed by atoms with van der Waals surface area (Å²) in [5.41, 5.74) is 9.09. The summed E-state index contributed by atoms with van der Waals surface area (Å²) in [4.78, 5) is 6.93. The Morgan fingerprint density at radius 1 is 1.33 bits per heavy atom. The monoisotopic (exact) mass is 246 g/mol. The molecule has 18 heavy (non-hydrogen) atoms. The van der Waals surface area contributed by atoms with E-state index in [0.717, 1.165) is 36.4 Å². The topological polar surface area (TPSA) is 47.1 Å². The maximum Gasteiger partial charge on any atom is 0.111 e. The molecule has 2 N–H and O–H groups in total. The average molecular weight is 246 g/mol. The molecule has 0 radical (unpaired) electrons. The van der Waals surface area contributed by atoms with Crippen molar-refractivity contribution in [3.63, 3.8) is 0 Å². The number of nitrogens with zero attached hydrogens (tertiary/aromatic N) is 3. The van der Waals surface area contributed by atoms with E-state index < -0.39 is 0 Å². The second kappa shape index (κ2) is 5.50. The quantitative estimate of drug-likeness (QED) is 0.872. The van der Waals surface area contributed by atoms with Gasteiger partial charge in [0.1, 0.15) is 5.82 Å². The number of hydrogen-bond donors (Lipinski definition) is 1. The molecular weight excluding hydrogens is 224 g/mol. The van der Waals surface area contributed by atoms with Crippen LogP contribution in [0.15, 0.2) is 18.2 Å². The summed E-state index contributed by atoms with van der Waals surface area (Å²) in [6.07, 6.45) is 0.980. The van der Waals surface area contributed by atoms with Crippen LogP contribution in [0.2, 0.25) is 0 Å². The van der Waals surface area contributed by atoms with Crippen LogP contribution in [0.25, 0.3) is 11.0 Å². The zero-order valence-electron chi connectivity index (χ0n) is 11.5. The largest absolute Gasteiger partial charge is 0.328 e. The molecule has 0 amide bonds. The van der Waals surface area contributed by atoms with Crippen LogP contribution in [-0.4, -0.2) is 35.1 Å². The van der Waals surface area contributed by atoms with E-state index in [-0.39, 0.29) is 0 Å². The number of rotatable bonds is 5. The normalized spacial score (nSPS) is 11.6. The molecule has 1 aromatic carbocycles. The first-order valence-electron chi connectivity index (χ1n) is 6.48. The van der Waals surface area contributed by atoms with Crippen LogP contribution in [0.5, 0.6) is 0 Å². The number of likely N-dealkylation sites (N-methyl/N-ethyl adjacent to an activating group) is 1. The minimum atomic E-state index is 0.571. The number of aromatic nitrogens is 2. The van der Waals surface area contributed by atoms with Gasteiger partial charge in [0.25, 0.3) is 0 Å². The van der Waals surface area contributed by atoms with E-state index >= 15 is 0 Å². The highest BCUT2D eigenvalue weighted by atomic mass is 15.1. The molecule has 0 bridgehead atoms. The lowest BCUT2D eigenvalue weighted by Gasteiger charge is -2.10. The Balaban J connectivity index is 2.40. The Morgan fingerprint density at radius 2 is 2.11 bits per heavy atom. The SMILES string of the molecule is CCn1c(CCN(C)C)nc2cc(CN)ccc21. The molecule has 0 saturated carbocycles. The number of imidazole rings is 1.